The van der Waals surface area contributed by atoms with Gasteiger partial charge in [-0.2, -0.15) is 0 Å². The van der Waals surface area contributed by atoms with Crippen LogP contribution in [0.3, 0.4) is 0 Å². The van der Waals surface area contributed by atoms with Gasteiger partial charge in [0.25, 0.3) is 0 Å². The number of aliphatic carboxylic acids is 1. The summed E-state index contributed by atoms with van der Waals surface area (Å²) in [6.07, 6.45) is -0.828. The molecule has 1 aliphatic carbocycles. The van der Waals surface area contributed by atoms with E-state index in [-0.39, 0.29) is 25.0 Å². The van der Waals surface area contributed by atoms with Crippen LogP contribution in [0.15, 0.2) is 48.5 Å². The third kappa shape index (κ3) is 6.31. The Bertz CT molecular complexity index is 993. The molecule has 0 heterocycles. The maximum atomic E-state index is 12.3. The highest BCUT2D eigenvalue weighted by Crippen LogP contribution is 2.44. The van der Waals surface area contributed by atoms with Crippen LogP contribution in [-0.2, 0) is 19.1 Å². The second-order valence-electron chi connectivity index (χ2n) is 7.75. The van der Waals surface area contributed by atoms with Gasteiger partial charge in [-0.05, 0) is 28.7 Å². The van der Waals surface area contributed by atoms with Gasteiger partial charge in [0.1, 0.15) is 12.6 Å². The lowest BCUT2D eigenvalue weighted by atomic mass is 9.98. The summed E-state index contributed by atoms with van der Waals surface area (Å²) in [5, 5.41) is 16.8. The van der Waals surface area contributed by atoms with Crippen molar-refractivity contribution in [1.82, 2.24) is 16.0 Å². The number of carboxylic acid groups (broad SMARTS) is 1. The monoisotopic (exact) mass is 453 g/mol. The first-order valence-electron chi connectivity index (χ1n) is 10.7. The fourth-order valence-electron chi connectivity index (χ4n) is 3.82. The molecule has 9 heteroatoms. The number of rotatable bonds is 10. The Morgan fingerprint density at radius 2 is 1.52 bits per heavy atom. The van der Waals surface area contributed by atoms with E-state index < -0.39 is 30.4 Å². The van der Waals surface area contributed by atoms with Crippen molar-refractivity contribution in [2.75, 3.05) is 19.7 Å². The van der Waals surface area contributed by atoms with Crippen LogP contribution >= 0.6 is 0 Å². The molecule has 0 saturated heterocycles. The molecule has 0 saturated carbocycles. The summed E-state index contributed by atoms with van der Waals surface area (Å²) in [5.41, 5.74) is 4.25. The fourth-order valence-corrected chi connectivity index (χ4v) is 3.82. The van der Waals surface area contributed by atoms with Crippen LogP contribution in [0.2, 0.25) is 0 Å². The summed E-state index contributed by atoms with van der Waals surface area (Å²) in [5.74, 6) is -2.18. The molecule has 9 nitrogen and oxygen atoms in total. The van der Waals surface area contributed by atoms with E-state index in [1.54, 1.807) is 0 Å². The SMILES string of the molecule is CC(=O)NCCCNC(=O)C[C@H](NC(=O)OCC1c2ccccc2-c2ccccc21)C(=O)O. The van der Waals surface area contributed by atoms with Gasteiger partial charge in [-0.15, -0.1) is 0 Å². The highest BCUT2D eigenvalue weighted by molar-refractivity contribution is 5.87. The first-order chi connectivity index (χ1) is 15.9. The van der Waals surface area contributed by atoms with E-state index >= 15 is 0 Å². The zero-order valence-corrected chi connectivity index (χ0v) is 18.3. The summed E-state index contributed by atoms with van der Waals surface area (Å²) < 4.78 is 5.35. The topological polar surface area (TPSA) is 134 Å². The number of ether oxygens (including phenoxy) is 1. The number of carbonyl (C=O) groups is 4. The normalized spacial score (nSPS) is 12.8. The zero-order chi connectivity index (χ0) is 23.8. The first kappa shape index (κ1) is 23.8. The predicted octanol–water partition coefficient (Wildman–Crippen LogP) is 2.01. The van der Waals surface area contributed by atoms with Gasteiger partial charge in [-0.1, -0.05) is 48.5 Å². The van der Waals surface area contributed by atoms with Crippen molar-refractivity contribution in [3.63, 3.8) is 0 Å². The van der Waals surface area contributed by atoms with E-state index in [0.717, 1.165) is 22.3 Å². The Kier molecular flexibility index (Phi) is 8.01. The smallest absolute Gasteiger partial charge is 0.407 e. The van der Waals surface area contributed by atoms with Crippen LogP contribution in [0.25, 0.3) is 11.1 Å². The van der Waals surface area contributed by atoms with Crippen LogP contribution < -0.4 is 16.0 Å². The highest BCUT2D eigenvalue weighted by atomic mass is 16.5. The van der Waals surface area contributed by atoms with Gasteiger partial charge in [0.2, 0.25) is 11.8 Å². The summed E-state index contributed by atoms with van der Waals surface area (Å²) in [6.45, 7) is 2.11. The molecule has 0 bridgehead atoms. The Labute approximate surface area is 191 Å². The second kappa shape index (κ2) is 11.1. The number of benzene rings is 2. The Morgan fingerprint density at radius 3 is 2.09 bits per heavy atom. The summed E-state index contributed by atoms with van der Waals surface area (Å²) in [7, 11) is 0. The molecule has 1 atom stereocenters. The van der Waals surface area contributed by atoms with E-state index in [1.165, 1.54) is 6.92 Å². The molecule has 174 valence electrons. The number of nitrogens with one attached hydrogen (secondary N) is 3. The molecule has 0 aromatic heterocycles. The predicted molar refractivity (Wildman–Crippen MR) is 121 cm³/mol. The fraction of sp³-hybridized carbons (Fsp3) is 0.333. The maximum absolute atomic E-state index is 12.3. The van der Waals surface area contributed by atoms with Crippen molar-refractivity contribution in [1.29, 1.82) is 0 Å². The van der Waals surface area contributed by atoms with Crippen LogP contribution in [0.4, 0.5) is 4.79 Å². The molecule has 0 spiro atoms. The van der Waals surface area contributed by atoms with Crippen molar-refractivity contribution in [3.05, 3.63) is 59.7 Å². The lowest BCUT2D eigenvalue weighted by Gasteiger charge is -2.17. The quantitative estimate of drug-likeness (QED) is 0.407. The van der Waals surface area contributed by atoms with Crippen LogP contribution in [-0.4, -0.2) is 54.7 Å². The third-order valence-electron chi connectivity index (χ3n) is 5.37. The minimum absolute atomic E-state index is 0.0432. The van der Waals surface area contributed by atoms with E-state index in [1.807, 2.05) is 48.5 Å². The van der Waals surface area contributed by atoms with Gasteiger partial charge in [0.05, 0.1) is 6.42 Å². The molecule has 3 rings (SSSR count). The minimum atomic E-state index is -1.42. The average molecular weight is 453 g/mol. The van der Waals surface area contributed by atoms with E-state index in [4.69, 9.17) is 4.74 Å². The summed E-state index contributed by atoms with van der Waals surface area (Å²) in [4.78, 5) is 46.7. The van der Waals surface area contributed by atoms with Crippen molar-refractivity contribution >= 4 is 23.9 Å². The molecule has 0 fully saturated rings. The van der Waals surface area contributed by atoms with Crippen molar-refractivity contribution in [3.8, 4) is 11.1 Å². The molecule has 1 aliphatic rings. The van der Waals surface area contributed by atoms with E-state index in [0.29, 0.717) is 13.0 Å². The van der Waals surface area contributed by atoms with Crippen molar-refractivity contribution < 1.29 is 29.0 Å². The standard InChI is InChI=1S/C24H27N3O6/c1-15(28)25-11-6-12-26-22(29)13-21(23(30)31)27-24(32)33-14-20-18-9-4-2-7-16(18)17-8-3-5-10-19(17)20/h2-5,7-10,20-21H,6,11-14H2,1H3,(H,25,28)(H,26,29)(H,27,32)(H,30,31)/t21-/m0/s1. The summed E-state index contributed by atoms with van der Waals surface area (Å²) >= 11 is 0. The molecule has 3 amide bonds. The lowest BCUT2D eigenvalue weighted by Crippen LogP contribution is -2.44. The van der Waals surface area contributed by atoms with Crippen molar-refractivity contribution in [2.24, 2.45) is 0 Å². The molecule has 2 aromatic rings. The first-order valence-corrected chi connectivity index (χ1v) is 10.7. The molecule has 33 heavy (non-hydrogen) atoms. The van der Waals surface area contributed by atoms with Crippen molar-refractivity contribution in [2.45, 2.75) is 31.7 Å². The van der Waals surface area contributed by atoms with E-state index in [9.17, 15) is 24.3 Å². The van der Waals surface area contributed by atoms with Gasteiger partial charge in [0, 0.05) is 25.9 Å². The minimum Gasteiger partial charge on any atom is -0.480 e. The number of carboxylic acids is 1. The van der Waals surface area contributed by atoms with Crippen LogP contribution in [0.5, 0.6) is 0 Å². The number of carbonyl (C=O) groups excluding carboxylic acids is 3. The maximum Gasteiger partial charge on any atom is 0.407 e. The molecule has 4 N–H and O–H groups in total. The van der Waals surface area contributed by atoms with Gasteiger partial charge in [-0.25, -0.2) is 9.59 Å². The van der Waals surface area contributed by atoms with Gasteiger partial charge >= 0.3 is 12.1 Å². The molecule has 0 aliphatic heterocycles. The Morgan fingerprint density at radius 1 is 0.939 bits per heavy atom. The summed E-state index contributed by atoms with van der Waals surface area (Å²) in [6, 6.07) is 14.3. The number of hydrogen-bond acceptors (Lipinski definition) is 5. The molecular weight excluding hydrogens is 426 g/mol. The number of alkyl carbamates (subject to hydrolysis) is 1. The Balaban J connectivity index is 1.51. The number of amides is 3. The molecule has 0 unspecified atom stereocenters. The molecule has 2 aromatic carbocycles. The van der Waals surface area contributed by atoms with Gasteiger partial charge in [-0.3, -0.25) is 9.59 Å². The Hall–Kier alpha value is -3.88. The van der Waals surface area contributed by atoms with E-state index in [2.05, 4.69) is 16.0 Å². The molecule has 0 radical (unpaired) electrons. The van der Waals surface area contributed by atoms with Crippen LogP contribution in [0.1, 0.15) is 36.8 Å². The zero-order valence-electron chi connectivity index (χ0n) is 18.3. The highest BCUT2D eigenvalue weighted by Gasteiger charge is 2.30. The van der Waals surface area contributed by atoms with Crippen LogP contribution in [0, 0.1) is 0 Å². The third-order valence-corrected chi connectivity index (χ3v) is 5.37. The number of fused-ring (bicyclic) bond motifs is 3. The number of hydrogen-bond donors (Lipinski definition) is 4. The van der Waals surface area contributed by atoms with Gasteiger partial charge < -0.3 is 25.8 Å². The largest absolute Gasteiger partial charge is 0.480 e. The lowest BCUT2D eigenvalue weighted by molar-refractivity contribution is -0.141. The van der Waals surface area contributed by atoms with Gasteiger partial charge in [0.15, 0.2) is 0 Å². The second-order valence-corrected chi connectivity index (χ2v) is 7.75. The molecular formula is C24H27N3O6. The average Bonchev–Trinajstić information content (AvgIpc) is 3.10.